The number of carbonyl (C=O) groups excluding carboxylic acids is 1. The Morgan fingerprint density at radius 3 is 2.57 bits per heavy atom. The van der Waals surface area contributed by atoms with E-state index in [2.05, 4.69) is 4.98 Å². The van der Waals surface area contributed by atoms with E-state index < -0.39 is 18.0 Å². The van der Waals surface area contributed by atoms with Crippen molar-refractivity contribution in [2.75, 3.05) is 0 Å². The molecule has 0 amide bonds. The number of rotatable bonds is 6. The number of nitriles is 1. The zero-order valence-corrected chi connectivity index (χ0v) is 16.8. The van der Waals surface area contributed by atoms with Gasteiger partial charge in [-0.3, -0.25) is 4.79 Å². The van der Waals surface area contributed by atoms with Crippen molar-refractivity contribution in [3.05, 3.63) is 64.8 Å². The number of esters is 1. The van der Waals surface area contributed by atoms with Crippen LogP contribution in [-0.2, 0) is 9.53 Å². The molecule has 0 radical (unpaired) electrons. The van der Waals surface area contributed by atoms with Gasteiger partial charge in [-0.2, -0.15) is 5.26 Å². The number of carbonyl (C=O) groups is 1. The van der Waals surface area contributed by atoms with Crippen LogP contribution in [0.15, 0.2) is 59.1 Å². The molecule has 1 aromatic carbocycles. The Labute approximate surface area is 173 Å². The van der Waals surface area contributed by atoms with E-state index in [-0.39, 0.29) is 15.8 Å². The molecule has 0 saturated heterocycles. The van der Waals surface area contributed by atoms with Gasteiger partial charge in [-0.25, -0.2) is 4.98 Å². The lowest BCUT2D eigenvalue weighted by atomic mass is 10.1. The first-order chi connectivity index (χ1) is 13.3. The van der Waals surface area contributed by atoms with Crippen LogP contribution in [0.1, 0.15) is 25.6 Å². The van der Waals surface area contributed by atoms with E-state index in [1.54, 1.807) is 36.4 Å². The van der Waals surface area contributed by atoms with Crippen LogP contribution >= 0.6 is 23.2 Å². The topological polar surface area (TPSA) is 72.2 Å². The third-order valence-corrected chi connectivity index (χ3v) is 5.05. The highest BCUT2D eigenvalue weighted by molar-refractivity contribution is 6.55. The van der Waals surface area contributed by atoms with Crippen LogP contribution in [0, 0.1) is 28.6 Å². The summed E-state index contributed by atoms with van der Waals surface area (Å²) in [6.07, 6.45) is 0.488. The summed E-state index contributed by atoms with van der Waals surface area (Å²) in [5.74, 6) is -0.111. The van der Waals surface area contributed by atoms with E-state index in [0.29, 0.717) is 17.3 Å². The van der Waals surface area contributed by atoms with Gasteiger partial charge in [0.05, 0.1) is 11.6 Å². The van der Waals surface area contributed by atoms with Crippen LogP contribution in [0.25, 0.3) is 0 Å². The minimum atomic E-state index is -1.14. The van der Waals surface area contributed by atoms with Crippen LogP contribution in [-0.4, -0.2) is 11.0 Å². The molecule has 28 heavy (non-hydrogen) atoms. The molecule has 0 N–H and O–H groups in total. The van der Waals surface area contributed by atoms with E-state index >= 15 is 0 Å². The van der Waals surface area contributed by atoms with E-state index in [4.69, 9.17) is 32.7 Å². The summed E-state index contributed by atoms with van der Waals surface area (Å²) in [7, 11) is 0. The molecule has 1 aliphatic rings. The highest BCUT2D eigenvalue weighted by Gasteiger charge is 2.62. The molecule has 3 atom stereocenters. The Bertz CT molecular complexity index is 934. The quantitative estimate of drug-likeness (QED) is 0.575. The standard InChI is InChI=1S/C21H18Cl2N2O3/c1-21(2)14(11-17(22)23)19(21)20(26)28-16(12-24)15-9-6-10-18(25-15)27-13-7-4-3-5-8-13/h3-11,14,16,19H,1-2H3/t14-,16?,19-/m0/s1. The monoisotopic (exact) mass is 416 g/mol. The molecule has 1 aromatic heterocycles. The third-order valence-electron chi connectivity index (χ3n) is 4.80. The number of halogens is 2. The summed E-state index contributed by atoms with van der Waals surface area (Å²) >= 11 is 11.4. The molecule has 1 aliphatic carbocycles. The predicted octanol–water partition coefficient (Wildman–Crippen LogP) is 5.57. The van der Waals surface area contributed by atoms with Crippen molar-refractivity contribution < 1.29 is 14.3 Å². The van der Waals surface area contributed by atoms with Gasteiger partial charge in [0.25, 0.3) is 0 Å². The first-order valence-corrected chi connectivity index (χ1v) is 9.41. The van der Waals surface area contributed by atoms with Crippen molar-refractivity contribution in [1.29, 1.82) is 5.26 Å². The number of hydrogen-bond donors (Lipinski definition) is 0. The molecule has 1 heterocycles. The van der Waals surface area contributed by atoms with Crippen LogP contribution in [0.4, 0.5) is 0 Å². The average Bonchev–Trinajstić information content (AvgIpc) is 3.20. The number of pyridine rings is 1. The number of hydrogen-bond acceptors (Lipinski definition) is 5. The van der Waals surface area contributed by atoms with Crippen molar-refractivity contribution in [1.82, 2.24) is 4.98 Å². The zero-order chi connectivity index (χ0) is 20.3. The Balaban J connectivity index is 1.72. The summed E-state index contributed by atoms with van der Waals surface area (Å²) in [5, 5.41) is 9.49. The SMILES string of the molecule is CC1(C)[C@H](C(=O)OC(C#N)c2cccc(Oc3ccccc3)n2)[C@@H]1C=C(Cl)Cl. The van der Waals surface area contributed by atoms with E-state index in [1.807, 2.05) is 38.1 Å². The lowest BCUT2D eigenvalue weighted by molar-refractivity contribution is -0.149. The molecule has 0 spiro atoms. The first-order valence-electron chi connectivity index (χ1n) is 8.65. The van der Waals surface area contributed by atoms with Crippen molar-refractivity contribution in [2.24, 2.45) is 17.3 Å². The van der Waals surface area contributed by atoms with Crippen LogP contribution in [0.2, 0.25) is 0 Å². The predicted molar refractivity (Wildman–Crippen MR) is 106 cm³/mol. The second kappa shape index (κ2) is 8.22. The molecular weight excluding hydrogens is 399 g/mol. The van der Waals surface area contributed by atoms with E-state index in [9.17, 15) is 10.1 Å². The second-order valence-corrected chi connectivity index (χ2v) is 8.05. The summed E-state index contributed by atoms with van der Waals surface area (Å²) in [5.41, 5.74) is -0.0390. The molecule has 1 unspecified atom stereocenters. The second-order valence-electron chi connectivity index (χ2n) is 7.04. The molecule has 0 bridgehead atoms. The van der Waals surface area contributed by atoms with Crippen LogP contribution in [0.3, 0.4) is 0 Å². The minimum Gasteiger partial charge on any atom is -0.440 e. The number of aromatic nitrogens is 1. The summed E-state index contributed by atoms with van der Waals surface area (Å²) in [6, 6.07) is 16.1. The molecule has 0 aliphatic heterocycles. The number of nitrogens with zero attached hydrogens (tertiary/aromatic N) is 2. The van der Waals surface area contributed by atoms with Gasteiger partial charge in [-0.1, -0.05) is 61.3 Å². The third kappa shape index (κ3) is 4.46. The number of allylic oxidation sites excluding steroid dienone is 1. The Kier molecular flexibility index (Phi) is 5.93. The molecule has 2 aromatic rings. The minimum absolute atomic E-state index is 0.109. The average molecular weight is 417 g/mol. The maximum absolute atomic E-state index is 12.6. The van der Waals surface area contributed by atoms with E-state index in [1.165, 1.54) is 0 Å². The van der Waals surface area contributed by atoms with Gasteiger partial charge in [0.2, 0.25) is 12.0 Å². The van der Waals surface area contributed by atoms with Gasteiger partial charge in [-0.15, -0.1) is 0 Å². The van der Waals surface area contributed by atoms with Crippen molar-refractivity contribution in [3.63, 3.8) is 0 Å². The van der Waals surface area contributed by atoms with Crippen molar-refractivity contribution >= 4 is 29.2 Å². The van der Waals surface area contributed by atoms with Crippen LogP contribution in [0.5, 0.6) is 11.6 Å². The highest BCUT2D eigenvalue weighted by Crippen LogP contribution is 2.60. The lowest BCUT2D eigenvalue weighted by Crippen LogP contribution is -2.15. The molecule has 144 valence electrons. The fourth-order valence-corrected chi connectivity index (χ4v) is 3.43. The van der Waals surface area contributed by atoms with Gasteiger partial charge in [0, 0.05) is 6.07 Å². The fraction of sp³-hybridized carbons (Fsp3) is 0.286. The summed E-state index contributed by atoms with van der Waals surface area (Å²) in [6.45, 7) is 3.84. The molecule has 5 nitrogen and oxygen atoms in total. The normalized spacial score (nSPS) is 20.4. The lowest BCUT2D eigenvalue weighted by Gasteiger charge is -2.12. The number of para-hydroxylation sites is 1. The maximum Gasteiger partial charge on any atom is 0.311 e. The smallest absolute Gasteiger partial charge is 0.311 e. The van der Waals surface area contributed by atoms with Crippen LogP contribution < -0.4 is 4.74 Å². The van der Waals surface area contributed by atoms with Gasteiger partial charge in [0.15, 0.2) is 0 Å². The zero-order valence-electron chi connectivity index (χ0n) is 15.3. The molecule has 3 rings (SSSR count). The van der Waals surface area contributed by atoms with Crippen molar-refractivity contribution in [2.45, 2.75) is 20.0 Å². The van der Waals surface area contributed by atoms with Gasteiger partial charge in [0.1, 0.15) is 16.3 Å². The maximum atomic E-state index is 12.6. The Morgan fingerprint density at radius 1 is 1.21 bits per heavy atom. The fourth-order valence-electron chi connectivity index (χ4n) is 3.16. The molecule has 1 fully saturated rings. The number of benzene rings is 1. The summed E-state index contributed by atoms with van der Waals surface area (Å²) < 4.78 is 11.2. The Morgan fingerprint density at radius 2 is 1.93 bits per heavy atom. The van der Waals surface area contributed by atoms with Gasteiger partial charge >= 0.3 is 5.97 Å². The van der Waals surface area contributed by atoms with E-state index in [0.717, 1.165) is 0 Å². The first kappa shape index (κ1) is 20.2. The molecule has 7 heteroatoms. The van der Waals surface area contributed by atoms with Crippen molar-refractivity contribution in [3.8, 4) is 17.7 Å². The largest absolute Gasteiger partial charge is 0.440 e. The summed E-state index contributed by atoms with van der Waals surface area (Å²) in [4.78, 5) is 16.9. The van der Waals surface area contributed by atoms with Gasteiger partial charge < -0.3 is 9.47 Å². The Hall–Kier alpha value is -2.55. The molecular formula is C21H18Cl2N2O3. The van der Waals surface area contributed by atoms with Gasteiger partial charge in [-0.05, 0) is 35.6 Å². The molecule has 1 saturated carbocycles. The highest BCUT2D eigenvalue weighted by atomic mass is 35.5. The number of ether oxygens (including phenoxy) is 2.